The third-order valence-electron chi connectivity index (χ3n) is 5.88. The number of ether oxygens (including phenoxy) is 1. The van der Waals surface area contributed by atoms with E-state index in [4.69, 9.17) is 4.74 Å². The molecular formula is C25H33N3O3. The van der Waals surface area contributed by atoms with E-state index < -0.39 is 0 Å². The topological polar surface area (TPSA) is 61.9 Å². The van der Waals surface area contributed by atoms with Crippen molar-refractivity contribution in [1.82, 2.24) is 15.1 Å². The van der Waals surface area contributed by atoms with E-state index in [9.17, 15) is 9.59 Å². The number of carbonyl (C=O) groups is 2. The highest BCUT2D eigenvalue weighted by atomic mass is 16.5. The van der Waals surface area contributed by atoms with Gasteiger partial charge < -0.3 is 19.9 Å². The number of benzene rings is 2. The first-order chi connectivity index (χ1) is 15.0. The number of hydrogen-bond acceptors (Lipinski definition) is 4. The summed E-state index contributed by atoms with van der Waals surface area (Å²) < 4.78 is 5.56. The van der Waals surface area contributed by atoms with E-state index in [0.717, 1.165) is 6.42 Å². The van der Waals surface area contributed by atoms with Gasteiger partial charge in [0.05, 0.1) is 0 Å². The SMILES string of the molecule is CN(C)C(CNC(=O)C1CCN(C(=O)COc2ccccc2)CC1)Cc1ccccc1. The lowest BCUT2D eigenvalue weighted by atomic mass is 9.95. The Morgan fingerprint density at radius 3 is 2.26 bits per heavy atom. The van der Waals surface area contributed by atoms with Crippen molar-refractivity contribution in [3.8, 4) is 5.75 Å². The lowest BCUT2D eigenvalue weighted by molar-refractivity contribution is -0.137. The van der Waals surface area contributed by atoms with Crippen LogP contribution in [0.15, 0.2) is 60.7 Å². The molecule has 2 aromatic rings. The highest BCUT2D eigenvalue weighted by molar-refractivity contribution is 5.80. The number of nitrogens with one attached hydrogen (secondary N) is 1. The summed E-state index contributed by atoms with van der Waals surface area (Å²) in [4.78, 5) is 29.1. The number of piperidine rings is 1. The Morgan fingerprint density at radius 1 is 1.03 bits per heavy atom. The molecule has 3 rings (SSSR count). The number of likely N-dealkylation sites (tertiary alicyclic amines) is 1. The van der Waals surface area contributed by atoms with Crippen LogP contribution in [0.3, 0.4) is 0 Å². The maximum atomic E-state index is 12.7. The number of amides is 2. The molecule has 1 atom stereocenters. The second-order valence-corrected chi connectivity index (χ2v) is 8.31. The van der Waals surface area contributed by atoms with Gasteiger partial charge in [-0.1, -0.05) is 48.5 Å². The third-order valence-corrected chi connectivity index (χ3v) is 5.88. The summed E-state index contributed by atoms with van der Waals surface area (Å²) in [5.41, 5.74) is 1.26. The van der Waals surface area contributed by atoms with E-state index in [0.29, 0.717) is 38.2 Å². The van der Waals surface area contributed by atoms with E-state index in [1.807, 2.05) is 62.6 Å². The van der Waals surface area contributed by atoms with Gasteiger partial charge in [0.2, 0.25) is 5.91 Å². The molecule has 1 heterocycles. The van der Waals surface area contributed by atoms with Gasteiger partial charge in [-0.05, 0) is 51.1 Å². The number of rotatable bonds is 9. The fourth-order valence-corrected chi connectivity index (χ4v) is 3.83. The zero-order chi connectivity index (χ0) is 22.1. The minimum Gasteiger partial charge on any atom is -0.484 e. The molecule has 2 aromatic carbocycles. The minimum atomic E-state index is -0.0429. The third kappa shape index (κ3) is 7.10. The summed E-state index contributed by atoms with van der Waals surface area (Å²) in [6, 6.07) is 19.9. The normalized spacial score (nSPS) is 15.5. The second kappa shape index (κ2) is 11.5. The number of hydrogen-bond donors (Lipinski definition) is 1. The Kier molecular flexibility index (Phi) is 8.47. The van der Waals surface area contributed by atoms with Crippen LogP contribution in [0.1, 0.15) is 18.4 Å². The number of para-hydroxylation sites is 1. The average molecular weight is 424 g/mol. The lowest BCUT2D eigenvalue weighted by Crippen LogP contribution is -2.47. The van der Waals surface area contributed by atoms with Crippen LogP contribution in [0.25, 0.3) is 0 Å². The number of nitrogens with zero attached hydrogens (tertiary/aromatic N) is 2. The fourth-order valence-electron chi connectivity index (χ4n) is 3.83. The van der Waals surface area contributed by atoms with Crippen LogP contribution < -0.4 is 10.1 Å². The van der Waals surface area contributed by atoms with Crippen molar-refractivity contribution in [2.45, 2.75) is 25.3 Å². The molecule has 1 N–H and O–H groups in total. The maximum absolute atomic E-state index is 12.7. The van der Waals surface area contributed by atoms with Crippen LogP contribution >= 0.6 is 0 Å². The highest BCUT2D eigenvalue weighted by Gasteiger charge is 2.28. The predicted molar refractivity (Wildman–Crippen MR) is 122 cm³/mol. The quantitative estimate of drug-likeness (QED) is 0.674. The van der Waals surface area contributed by atoms with Crippen molar-refractivity contribution in [2.75, 3.05) is 40.3 Å². The van der Waals surface area contributed by atoms with Gasteiger partial charge in [-0.15, -0.1) is 0 Å². The van der Waals surface area contributed by atoms with Gasteiger partial charge in [0.15, 0.2) is 6.61 Å². The molecule has 0 spiro atoms. The molecule has 31 heavy (non-hydrogen) atoms. The van der Waals surface area contributed by atoms with Gasteiger partial charge in [-0.2, -0.15) is 0 Å². The van der Waals surface area contributed by atoms with Crippen molar-refractivity contribution in [3.63, 3.8) is 0 Å². The van der Waals surface area contributed by atoms with Gasteiger partial charge >= 0.3 is 0 Å². The Balaban J connectivity index is 1.40. The molecular weight excluding hydrogens is 390 g/mol. The van der Waals surface area contributed by atoms with Gasteiger partial charge in [0.25, 0.3) is 5.91 Å². The molecule has 0 aromatic heterocycles. The van der Waals surface area contributed by atoms with Crippen LogP contribution in [0.5, 0.6) is 5.75 Å². The Labute approximate surface area is 185 Å². The Hall–Kier alpha value is -2.86. The van der Waals surface area contributed by atoms with E-state index in [-0.39, 0.29) is 30.4 Å². The summed E-state index contributed by atoms with van der Waals surface area (Å²) in [5, 5.41) is 3.14. The van der Waals surface area contributed by atoms with Crippen LogP contribution in [0, 0.1) is 5.92 Å². The molecule has 6 heteroatoms. The highest BCUT2D eigenvalue weighted by Crippen LogP contribution is 2.18. The van der Waals surface area contributed by atoms with Gasteiger partial charge in [0, 0.05) is 31.6 Å². The first kappa shape index (κ1) is 22.8. The largest absolute Gasteiger partial charge is 0.484 e. The number of carbonyl (C=O) groups excluding carboxylic acids is 2. The van der Waals surface area contributed by atoms with E-state index in [1.54, 1.807) is 4.90 Å². The molecule has 1 aliphatic heterocycles. The van der Waals surface area contributed by atoms with Gasteiger partial charge in [-0.3, -0.25) is 9.59 Å². The van der Waals surface area contributed by atoms with Crippen molar-refractivity contribution in [1.29, 1.82) is 0 Å². The first-order valence-electron chi connectivity index (χ1n) is 11.0. The summed E-state index contributed by atoms with van der Waals surface area (Å²) in [5.74, 6) is 0.709. The van der Waals surface area contributed by atoms with Crippen molar-refractivity contribution >= 4 is 11.8 Å². The molecule has 1 unspecified atom stereocenters. The monoisotopic (exact) mass is 423 g/mol. The summed E-state index contributed by atoms with van der Waals surface area (Å²) in [7, 11) is 4.09. The van der Waals surface area contributed by atoms with E-state index in [2.05, 4.69) is 22.3 Å². The summed E-state index contributed by atoms with van der Waals surface area (Å²) in [6.07, 6.45) is 2.27. The molecule has 1 aliphatic rings. The molecule has 6 nitrogen and oxygen atoms in total. The molecule has 0 bridgehead atoms. The molecule has 0 saturated carbocycles. The maximum Gasteiger partial charge on any atom is 0.260 e. The van der Waals surface area contributed by atoms with Crippen molar-refractivity contribution in [2.24, 2.45) is 5.92 Å². The first-order valence-corrected chi connectivity index (χ1v) is 11.0. The zero-order valence-corrected chi connectivity index (χ0v) is 18.5. The smallest absolute Gasteiger partial charge is 0.260 e. The van der Waals surface area contributed by atoms with Crippen LogP contribution in [-0.2, 0) is 16.0 Å². The predicted octanol–water partition coefficient (Wildman–Crippen LogP) is 2.59. The fraction of sp³-hybridized carbons (Fsp3) is 0.440. The Bertz CT molecular complexity index is 818. The van der Waals surface area contributed by atoms with Crippen molar-refractivity contribution in [3.05, 3.63) is 66.2 Å². The lowest BCUT2D eigenvalue weighted by Gasteiger charge is -2.32. The zero-order valence-electron chi connectivity index (χ0n) is 18.5. The molecule has 0 aliphatic carbocycles. The van der Waals surface area contributed by atoms with Gasteiger partial charge in [-0.25, -0.2) is 0 Å². The Morgan fingerprint density at radius 2 is 1.65 bits per heavy atom. The summed E-state index contributed by atoms with van der Waals surface area (Å²) in [6.45, 7) is 1.84. The standard InChI is InChI=1S/C25H33N3O3/c1-27(2)22(17-20-9-5-3-6-10-20)18-26-25(30)21-13-15-28(16-14-21)24(29)19-31-23-11-7-4-8-12-23/h3-12,21-22H,13-19H2,1-2H3,(H,26,30). The molecule has 0 radical (unpaired) electrons. The van der Waals surface area contributed by atoms with Crippen LogP contribution in [0.4, 0.5) is 0 Å². The molecule has 2 amide bonds. The average Bonchev–Trinajstić information content (AvgIpc) is 2.81. The van der Waals surface area contributed by atoms with E-state index in [1.165, 1.54) is 5.56 Å². The van der Waals surface area contributed by atoms with Gasteiger partial charge in [0.1, 0.15) is 5.75 Å². The van der Waals surface area contributed by atoms with Crippen LogP contribution in [-0.4, -0.2) is 68.0 Å². The molecule has 1 saturated heterocycles. The van der Waals surface area contributed by atoms with Crippen LogP contribution in [0.2, 0.25) is 0 Å². The van der Waals surface area contributed by atoms with E-state index >= 15 is 0 Å². The second-order valence-electron chi connectivity index (χ2n) is 8.31. The molecule has 1 fully saturated rings. The van der Waals surface area contributed by atoms with Crippen molar-refractivity contribution < 1.29 is 14.3 Å². The number of likely N-dealkylation sites (N-methyl/N-ethyl adjacent to an activating group) is 1. The summed E-state index contributed by atoms with van der Waals surface area (Å²) >= 11 is 0. The molecule has 166 valence electrons. The minimum absolute atomic E-state index is 0.0294.